The number of nitrogens with zero attached hydrogens (tertiary/aromatic N) is 6. The first-order valence-electron chi connectivity index (χ1n) is 24.5. The minimum atomic E-state index is -1.51. The van der Waals surface area contributed by atoms with Crippen LogP contribution in [0.4, 0.5) is 0 Å². The smallest absolute Gasteiger partial charge is 0.664 e. The van der Waals surface area contributed by atoms with Crippen LogP contribution >= 0.6 is 0 Å². The van der Waals surface area contributed by atoms with Gasteiger partial charge in [0.2, 0.25) is 5.91 Å². The van der Waals surface area contributed by atoms with Crippen LogP contribution < -0.4 is 0 Å². The summed E-state index contributed by atoms with van der Waals surface area (Å²) in [5.41, 5.74) is -4.22. The maximum absolute atomic E-state index is 13.8. The van der Waals surface area contributed by atoms with Crippen molar-refractivity contribution in [3.8, 4) is 0 Å². The van der Waals surface area contributed by atoms with E-state index in [-0.39, 0.29) is 93.1 Å². The van der Waals surface area contributed by atoms with Crippen LogP contribution in [0.1, 0.15) is 126 Å². The van der Waals surface area contributed by atoms with Crippen LogP contribution in [0.3, 0.4) is 0 Å². The van der Waals surface area contributed by atoms with Crippen molar-refractivity contribution in [3.05, 3.63) is 41.5 Å². The van der Waals surface area contributed by atoms with Gasteiger partial charge in [0.15, 0.2) is 5.78 Å². The Morgan fingerprint density at radius 1 is 0.675 bits per heavy atom. The van der Waals surface area contributed by atoms with Gasteiger partial charge in [0.25, 0.3) is 0 Å². The number of allylic oxidation sites excluding steroid dienone is 4. The molecule has 4 aliphatic rings. The largest absolute Gasteiger partial charge is 3.00 e. The van der Waals surface area contributed by atoms with Crippen molar-refractivity contribution >= 4 is 70.6 Å². The van der Waals surface area contributed by atoms with Crippen LogP contribution in [0.15, 0.2) is 38.0 Å². The first-order chi connectivity index (χ1) is 35.6. The molecule has 22 nitrogen and oxygen atoms in total. The molecule has 0 aromatic heterocycles. The molecule has 4 heterocycles. The van der Waals surface area contributed by atoms with E-state index < -0.39 is 110 Å². The van der Waals surface area contributed by atoms with Gasteiger partial charge in [-0.15, -0.1) is 5.70 Å². The zero-order valence-corrected chi connectivity index (χ0v) is 47.8. The molecule has 0 aliphatic carbocycles. The fraction of sp³-hybridized carbons (Fsp3) is 0.667. The molecule has 0 bridgehead atoms. The van der Waals surface area contributed by atoms with Crippen molar-refractivity contribution in [1.82, 2.24) is 0 Å². The number of rotatable bonds is 22. The van der Waals surface area contributed by atoms with Crippen molar-refractivity contribution in [3.63, 3.8) is 0 Å². The van der Waals surface area contributed by atoms with E-state index in [1.807, 2.05) is 27.7 Å². The van der Waals surface area contributed by atoms with Crippen molar-refractivity contribution in [2.45, 2.75) is 138 Å². The third kappa shape index (κ3) is 14.3. The predicted molar refractivity (Wildman–Crippen MR) is 271 cm³/mol. The first-order valence-corrected chi connectivity index (χ1v) is 24.5. The molecule has 0 spiro atoms. The summed E-state index contributed by atoms with van der Waals surface area (Å²) in [4.78, 5) is 134. The fourth-order valence-corrected chi connectivity index (χ4v) is 11.7. The molecular weight excluding hydrogens is 1060 g/mol. The standard InChI is InChI=1S/C52H74N4O16.2CN.Co/c1-28(44-50(6,26-41(63)71-14)30(16-19-36(58)66-9)34(53-44)25-35-48(3,4)32(47(65)54-35)18-21-38(60)68-11)43-31(17-20-37(59)67-10)51(7,27-42(64)72-15)52(8,56-43)46-33(24-40(62)70-13)49(5,23-22-39(61)69-12)45(55-46)29(2)57;2*1-2;/h25,30-33,46H,16-24,26-27H2,1-15H3,(H,53,54,56,65);;;/q;2*-1;+3/p-1/t30-,31-,32-,33+,46-,49-,50+,51+,52+;;;/m1.../s1/i30+2,31+2,32+2,35+2,44+2,46+2,49+2,52+2;;;. The monoisotopic (exact) mass is 1140 g/mol. The molecule has 4 aliphatic heterocycles. The number of hydrogen-bond acceptors (Lipinski definition) is 20. The summed E-state index contributed by atoms with van der Waals surface area (Å²) >= 11 is 0. The van der Waals surface area contributed by atoms with Gasteiger partial charge in [-0.25, -0.2) is 4.99 Å². The molecule has 1 saturated heterocycles. The summed E-state index contributed by atoms with van der Waals surface area (Å²) in [5, 5.41) is 17.8. The van der Waals surface area contributed by atoms with Crippen LogP contribution in [0.2, 0.25) is 0 Å². The molecule has 0 aromatic carbocycles. The molecule has 0 N–H and O–H groups in total. The molecule has 0 saturated carbocycles. The summed E-state index contributed by atoms with van der Waals surface area (Å²) in [7, 11) is 8.75. The number of ketones is 1. The summed E-state index contributed by atoms with van der Waals surface area (Å²) in [6.07, 6.45) is 0.869. The summed E-state index contributed by atoms with van der Waals surface area (Å²) in [6, 6.07) is -1.04. The number of aliphatic imine (C=N–C) groups is 3. The van der Waals surface area contributed by atoms with Crippen LogP contribution in [-0.2, 0) is 93.1 Å². The van der Waals surface area contributed by atoms with Gasteiger partial charge in [-0.2, -0.15) is 5.70 Å². The number of hydrogen-bond donors (Lipinski definition) is 0. The molecule has 0 radical (unpaired) electrons. The molecule has 1 fully saturated rings. The Kier molecular flexibility index (Phi) is 25.5. The number of carbonyl (C=O) groups excluding carboxylic acids is 9. The van der Waals surface area contributed by atoms with Crippen molar-refractivity contribution in [2.24, 2.45) is 60.3 Å². The molecule has 23 heteroatoms. The topological polar surface area (TPSA) is 317 Å². The molecule has 1 amide bonds. The molecule has 9 atom stereocenters. The van der Waals surface area contributed by atoms with Gasteiger partial charge in [-0.1, -0.05) is 40.7 Å². The number of methoxy groups -OCH3 is 7. The summed E-state index contributed by atoms with van der Waals surface area (Å²) in [5.74, 6) is -7.87. The van der Waals surface area contributed by atoms with E-state index in [1.165, 1.54) is 56.7 Å². The van der Waals surface area contributed by atoms with Crippen molar-refractivity contribution in [2.75, 3.05) is 49.8 Å². The van der Waals surface area contributed by atoms with Crippen LogP contribution in [-0.4, -0.2) is 132 Å². The van der Waals surface area contributed by atoms with Crippen molar-refractivity contribution in [1.29, 1.82) is 10.5 Å². The maximum Gasteiger partial charge on any atom is 3.00 e. The normalized spacial score (nSPS) is 28.7. The Balaban J connectivity index is 0.00000579. The third-order valence-corrected chi connectivity index (χ3v) is 16.3. The van der Waals surface area contributed by atoms with E-state index in [0.717, 1.165) is 0 Å². The minimum Gasteiger partial charge on any atom is -0.664 e. The van der Waals surface area contributed by atoms with Gasteiger partial charge in [-0.05, 0) is 56.4 Å². The molecule has 424 valence electrons. The predicted octanol–water partition coefficient (Wildman–Crippen LogP) is 6.34. The van der Waals surface area contributed by atoms with Crippen LogP contribution in [0.25, 0.3) is 5.32 Å². The SMILES string of the molecule is COC(=O)CC[14C@@H]1C(=O)N=[14C](/C=C2\[N-]/[14C](=C(/C)C3=N[14C@@](C)([14C@@H]4N=C(C(C)=O)[14C@](C)(CCC(=O)OC)[C@H]4CC(=O)OC)[C@@](C)(CC(=O)OC)[14C@@H]3CCC(=O)OC)[C@@](C)(CC(=O)OC)[14C@@H]2CCC(=O)OC)C1(C)C.[C-]#N.[C-]#N.[Co+3]. The second-order valence-electron chi connectivity index (χ2n) is 20.6. The van der Waals surface area contributed by atoms with E-state index in [2.05, 4.69) is 4.99 Å². The molecule has 77 heavy (non-hydrogen) atoms. The number of amides is 1. The number of Topliss-reactive ketones (excluding diaryl/α,β-unsaturated/α-hetero) is 1. The summed E-state index contributed by atoms with van der Waals surface area (Å²) < 4.78 is 35.8. The average molecular weight is 1140 g/mol. The third-order valence-electron chi connectivity index (χ3n) is 16.3. The Morgan fingerprint density at radius 3 is 1.58 bits per heavy atom. The van der Waals surface area contributed by atoms with Gasteiger partial charge < -0.3 is 62.1 Å². The van der Waals surface area contributed by atoms with Gasteiger partial charge in [0, 0.05) is 72.1 Å². The Labute approximate surface area is 461 Å². The van der Waals surface area contributed by atoms with Crippen molar-refractivity contribution < 1.29 is 93.1 Å². The van der Waals surface area contributed by atoms with Crippen LogP contribution in [0, 0.1) is 69.0 Å². The first kappa shape index (κ1) is 68.4. The van der Waals surface area contributed by atoms with E-state index in [1.54, 1.807) is 26.8 Å². The molecule has 4 rings (SSSR count). The zero-order valence-electron chi connectivity index (χ0n) is 46.8. The minimum absolute atomic E-state index is 0. The quantitative estimate of drug-likeness (QED) is 0.0648. The zero-order chi connectivity index (χ0) is 58.3. The number of carbonyl (C=O) groups is 9. The van der Waals surface area contributed by atoms with Crippen LogP contribution in [0.5, 0.6) is 0 Å². The second kappa shape index (κ2) is 28.7. The van der Waals surface area contributed by atoms with Gasteiger partial charge >= 0.3 is 58.6 Å². The Hall–Kier alpha value is -6.59. The molecule has 0 aromatic rings. The maximum atomic E-state index is 13.8. The molecule has 0 unspecified atom stereocenters. The van der Waals surface area contributed by atoms with Gasteiger partial charge in [-0.3, -0.25) is 53.1 Å². The Bertz CT molecular complexity index is 2470. The Morgan fingerprint density at radius 2 is 1.12 bits per heavy atom. The number of ether oxygens (including phenoxy) is 7. The fourth-order valence-electron chi connectivity index (χ4n) is 11.7. The number of esters is 7. The van der Waals surface area contributed by atoms with Gasteiger partial charge in [0.05, 0.1) is 92.2 Å². The van der Waals surface area contributed by atoms with E-state index in [9.17, 15) is 43.2 Å². The second-order valence-corrected chi connectivity index (χ2v) is 20.6. The van der Waals surface area contributed by atoms with Gasteiger partial charge in [0.1, 0.15) is 0 Å². The van der Waals surface area contributed by atoms with E-state index in [4.69, 9.17) is 72.1 Å². The molecular formula is C54H73CoN6O16. The average Bonchev–Trinajstić information content (AvgIpc) is 4.00. The summed E-state index contributed by atoms with van der Waals surface area (Å²) in [6.45, 7) is 23.5. The van der Waals surface area contributed by atoms with E-state index in [0.29, 0.717) is 28.4 Å². The van der Waals surface area contributed by atoms with E-state index >= 15 is 0 Å².